The van der Waals surface area contributed by atoms with Gasteiger partial charge in [0.25, 0.3) is 15.0 Å². The van der Waals surface area contributed by atoms with Crippen LogP contribution < -0.4 is 5.32 Å². The minimum Gasteiger partial charge on any atom is -0.382 e. The lowest BCUT2D eigenvalue weighted by Crippen LogP contribution is -2.46. The molecule has 0 spiro atoms. The summed E-state index contributed by atoms with van der Waals surface area (Å²) in [5.41, 5.74) is -0.633. The first-order valence-corrected chi connectivity index (χ1v) is 9.21. The molecular weight excluding hydrogens is 405 g/mol. The molecule has 1 N–H and O–H groups in total. The first-order chi connectivity index (χ1) is 9.48. The maximum Gasteiger partial charge on any atom is 0.261 e. The van der Waals surface area contributed by atoms with Gasteiger partial charge in [-0.05, 0) is 41.9 Å². The van der Waals surface area contributed by atoms with Crippen LogP contribution in [0.3, 0.4) is 0 Å². The van der Waals surface area contributed by atoms with Crippen LogP contribution in [-0.4, -0.2) is 33.6 Å². The van der Waals surface area contributed by atoms with Gasteiger partial charge in [-0.25, -0.2) is 8.42 Å². The van der Waals surface area contributed by atoms with Crippen molar-refractivity contribution in [2.45, 2.75) is 24.3 Å². The largest absolute Gasteiger partial charge is 0.382 e. The van der Waals surface area contributed by atoms with E-state index in [4.69, 9.17) is 27.0 Å². The fourth-order valence-corrected chi connectivity index (χ4v) is 3.23. The fraction of sp³-hybridized carbons (Fsp3) is 0.417. The van der Waals surface area contributed by atoms with Gasteiger partial charge in [-0.2, -0.15) is 0 Å². The number of carbonyl (C=O) groups excluding carboxylic acids is 1. The second kappa shape index (κ2) is 6.83. The highest BCUT2D eigenvalue weighted by Gasteiger charge is 2.25. The predicted molar refractivity (Wildman–Crippen MR) is 85.6 cm³/mol. The number of hydrogen-bond donors (Lipinski definition) is 1. The van der Waals surface area contributed by atoms with Crippen LogP contribution >= 0.6 is 38.2 Å². The lowest BCUT2D eigenvalue weighted by molar-refractivity contribution is 0.0820. The van der Waals surface area contributed by atoms with Gasteiger partial charge in [0.15, 0.2) is 0 Å². The van der Waals surface area contributed by atoms with Crippen molar-refractivity contribution in [2.75, 3.05) is 13.7 Å². The van der Waals surface area contributed by atoms with Gasteiger partial charge >= 0.3 is 0 Å². The summed E-state index contributed by atoms with van der Waals surface area (Å²) >= 11 is 9.15. The highest BCUT2D eigenvalue weighted by molar-refractivity contribution is 9.10. The van der Waals surface area contributed by atoms with Gasteiger partial charge in [-0.1, -0.05) is 11.6 Å². The van der Waals surface area contributed by atoms with Gasteiger partial charge in [0.05, 0.1) is 27.6 Å². The van der Waals surface area contributed by atoms with Gasteiger partial charge in [-0.3, -0.25) is 4.79 Å². The average Bonchev–Trinajstić information content (AvgIpc) is 2.29. The molecule has 0 radical (unpaired) electrons. The maximum atomic E-state index is 12.3. The Morgan fingerprint density at radius 2 is 2.00 bits per heavy atom. The Morgan fingerprint density at radius 3 is 2.48 bits per heavy atom. The standard InChI is InChI=1S/C12H14BrCl2NO4S/c1-12(2,6-20-3)16-11(17)8-4-7(21(15,18)19)5-9(13)10(8)14/h4-5H,6H2,1-3H3,(H,16,17). The van der Waals surface area contributed by atoms with Crippen molar-refractivity contribution in [1.82, 2.24) is 5.32 Å². The molecule has 0 heterocycles. The Hall–Kier alpha value is -0.340. The van der Waals surface area contributed by atoms with Crippen molar-refractivity contribution in [3.05, 3.63) is 27.2 Å². The molecule has 1 amide bonds. The molecule has 0 fully saturated rings. The minimum absolute atomic E-state index is 0.00875. The number of hydrogen-bond acceptors (Lipinski definition) is 4. The average molecular weight is 419 g/mol. The van der Waals surface area contributed by atoms with Gasteiger partial charge < -0.3 is 10.1 Å². The molecule has 0 aromatic heterocycles. The smallest absolute Gasteiger partial charge is 0.261 e. The van der Waals surface area contributed by atoms with E-state index in [1.807, 2.05) is 0 Å². The van der Waals surface area contributed by atoms with Crippen molar-refractivity contribution in [2.24, 2.45) is 0 Å². The zero-order valence-corrected chi connectivity index (χ0v) is 15.5. The van der Waals surface area contributed by atoms with E-state index in [1.165, 1.54) is 13.2 Å². The summed E-state index contributed by atoms with van der Waals surface area (Å²) in [5.74, 6) is -0.523. The van der Waals surface area contributed by atoms with Crippen molar-refractivity contribution < 1.29 is 17.9 Å². The van der Waals surface area contributed by atoms with E-state index in [9.17, 15) is 13.2 Å². The number of amides is 1. The molecule has 0 saturated heterocycles. The predicted octanol–water partition coefficient (Wildman–Crippen LogP) is 3.18. The van der Waals surface area contributed by atoms with E-state index in [-0.39, 0.29) is 26.6 Å². The number of methoxy groups -OCH3 is 1. The summed E-state index contributed by atoms with van der Waals surface area (Å²) in [7, 11) is 2.84. The first kappa shape index (κ1) is 18.7. The Kier molecular flexibility index (Phi) is 6.08. The number of rotatable bonds is 5. The highest BCUT2D eigenvalue weighted by Crippen LogP contribution is 2.31. The number of ether oxygens (including phenoxy) is 1. The van der Waals surface area contributed by atoms with Gasteiger partial charge in [0.1, 0.15) is 0 Å². The summed E-state index contributed by atoms with van der Waals surface area (Å²) in [4.78, 5) is 12.1. The molecule has 5 nitrogen and oxygen atoms in total. The molecule has 0 aliphatic carbocycles. The molecule has 0 atom stereocenters. The molecule has 1 rings (SSSR count). The number of halogens is 3. The van der Waals surface area contributed by atoms with E-state index in [2.05, 4.69) is 21.2 Å². The Bertz CT molecular complexity index is 661. The van der Waals surface area contributed by atoms with E-state index < -0.39 is 20.5 Å². The lowest BCUT2D eigenvalue weighted by Gasteiger charge is -2.25. The van der Waals surface area contributed by atoms with Crippen molar-refractivity contribution in [3.63, 3.8) is 0 Å². The van der Waals surface area contributed by atoms with Crippen LogP contribution in [0.1, 0.15) is 24.2 Å². The summed E-state index contributed by atoms with van der Waals surface area (Å²) in [6, 6.07) is 2.37. The Balaban J connectivity index is 3.24. The number of benzene rings is 1. The van der Waals surface area contributed by atoms with Crippen LogP contribution in [0.4, 0.5) is 0 Å². The molecule has 0 saturated carbocycles. The number of carbonyl (C=O) groups is 1. The topological polar surface area (TPSA) is 72.5 Å². The monoisotopic (exact) mass is 417 g/mol. The van der Waals surface area contributed by atoms with Crippen molar-refractivity contribution in [1.29, 1.82) is 0 Å². The summed E-state index contributed by atoms with van der Waals surface area (Å²) in [6.07, 6.45) is 0. The van der Waals surface area contributed by atoms with E-state index in [0.717, 1.165) is 6.07 Å². The van der Waals surface area contributed by atoms with Crippen LogP contribution in [0.15, 0.2) is 21.5 Å². The zero-order valence-electron chi connectivity index (χ0n) is 11.5. The summed E-state index contributed by atoms with van der Waals surface area (Å²) < 4.78 is 28.1. The summed E-state index contributed by atoms with van der Waals surface area (Å²) in [5, 5.41) is 2.81. The third kappa shape index (κ3) is 5.10. The Labute approximate surface area is 141 Å². The highest BCUT2D eigenvalue weighted by atomic mass is 79.9. The molecule has 118 valence electrons. The third-order valence-corrected chi connectivity index (χ3v) is 5.08. The zero-order chi connectivity index (χ0) is 16.4. The lowest BCUT2D eigenvalue weighted by atomic mass is 10.1. The van der Waals surface area contributed by atoms with Crippen LogP contribution in [-0.2, 0) is 13.8 Å². The molecule has 1 aromatic carbocycles. The SMILES string of the molecule is COCC(C)(C)NC(=O)c1cc(S(=O)(=O)Cl)cc(Br)c1Cl. The second-order valence-corrected chi connectivity index (χ2v) is 8.77. The van der Waals surface area contributed by atoms with Gasteiger partial charge in [-0.15, -0.1) is 0 Å². The van der Waals surface area contributed by atoms with Crippen LogP contribution in [0, 0.1) is 0 Å². The maximum absolute atomic E-state index is 12.3. The summed E-state index contributed by atoms with van der Waals surface area (Å²) in [6.45, 7) is 3.81. The van der Waals surface area contributed by atoms with E-state index in [0.29, 0.717) is 0 Å². The molecule has 1 aromatic rings. The van der Waals surface area contributed by atoms with Crippen LogP contribution in [0.5, 0.6) is 0 Å². The van der Waals surface area contributed by atoms with Gasteiger partial charge in [0, 0.05) is 22.3 Å². The molecular formula is C12H14BrCl2NO4S. The van der Waals surface area contributed by atoms with Gasteiger partial charge in [0.2, 0.25) is 0 Å². The molecule has 9 heteroatoms. The van der Waals surface area contributed by atoms with Crippen LogP contribution in [0.25, 0.3) is 0 Å². The minimum atomic E-state index is -3.97. The molecule has 0 bridgehead atoms. The third-order valence-electron chi connectivity index (χ3n) is 2.48. The molecule has 21 heavy (non-hydrogen) atoms. The van der Waals surface area contributed by atoms with E-state index >= 15 is 0 Å². The van der Waals surface area contributed by atoms with E-state index in [1.54, 1.807) is 13.8 Å². The Morgan fingerprint density at radius 1 is 1.43 bits per heavy atom. The molecule has 0 aliphatic heterocycles. The van der Waals surface area contributed by atoms with Crippen molar-refractivity contribution in [3.8, 4) is 0 Å². The second-order valence-electron chi connectivity index (χ2n) is 4.98. The quantitative estimate of drug-likeness (QED) is 0.745. The normalized spacial score (nSPS) is 12.3. The molecule has 0 unspecified atom stereocenters. The van der Waals surface area contributed by atoms with Crippen LogP contribution in [0.2, 0.25) is 5.02 Å². The fourth-order valence-electron chi connectivity index (χ4n) is 1.64. The first-order valence-electron chi connectivity index (χ1n) is 5.73. The molecule has 0 aliphatic rings. The van der Waals surface area contributed by atoms with Crippen molar-refractivity contribution >= 4 is 53.2 Å². The number of nitrogens with one attached hydrogen (secondary N) is 1.